The Kier molecular flexibility index (Phi) is 5.49. The van der Waals surface area contributed by atoms with Gasteiger partial charge in [-0.25, -0.2) is 9.36 Å². The minimum absolute atomic E-state index is 0.0324. The van der Waals surface area contributed by atoms with Crippen molar-refractivity contribution in [2.75, 3.05) is 0 Å². The molecule has 0 saturated heterocycles. The molecule has 0 saturated carbocycles. The molecular weight excluding hydrogens is 253 g/mol. The van der Waals surface area contributed by atoms with Gasteiger partial charge in [0.15, 0.2) is 0 Å². The predicted octanol–water partition coefficient (Wildman–Crippen LogP) is -0.445. The minimum Gasteiger partial charge on any atom is -0.478 e. The van der Waals surface area contributed by atoms with Gasteiger partial charge in [0.05, 0.1) is 11.1 Å². The number of benzene rings is 1. The first-order valence-corrected chi connectivity index (χ1v) is 5.60. The van der Waals surface area contributed by atoms with Crippen LogP contribution in [0.15, 0.2) is 24.3 Å². The van der Waals surface area contributed by atoms with Gasteiger partial charge in [-0.3, -0.25) is 4.79 Å². The fourth-order valence-electron chi connectivity index (χ4n) is 0.884. The SMILES string of the molecule is NC(=O)c1ccccc1C(=O)O.O=P(O)(O)O. The third-order valence-electron chi connectivity index (χ3n) is 1.42. The zero-order valence-electron chi connectivity index (χ0n) is 8.35. The van der Waals surface area contributed by atoms with Crippen LogP contribution < -0.4 is 5.73 Å². The van der Waals surface area contributed by atoms with Gasteiger partial charge < -0.3 is 25.5 Å². The van der Waals surface area contributed by atoms with Crippen molar-refractivity contribution < 1.29 is 33.9 Å². The highest BCUT2D eigenvalue weighted by molar-refractivity contribution is 7.45. The summed E-state index contributed by atoms with van der Waals surface area (Å²) in [7, 11) is -4.64. The molecule has 1 aromatic carbocycles. The van der Waals surface area contributed by atoms with Crippen LogP contribution in [0.25, 0.3) is 0 Å². The molecule has 1 aromatic rings. The lowest BCUT2D eigenvalue weighted by Gasteiger charge is -1.99. The topological polar surface area (TPSA) is 158 Å². The van der Waals surface area contributed by atoms with E-state index in [1.165, 1.54) is 18.2 Å². The van der Waals surface area contributed by atoms with Crippen LogP contribution >= 0.6 is 7.82 Å². The van der Waals surface area contributed by atoms with Gasteiger partial charge in [0.2, 0.25) is 5.91 Å². The second-order valence-electron chi connectivity index (χ2n) is 2.73. The van der Waals surface area contributed by atoms with Gasteiger partial charge in [-0.1, -0.05) is 12.1 Å². The van der Waals surface area contributed by atoms with Gasteiger partial charge >= 0.3 is 13.8 Å². The summed E-state index contributed by atoms with van der Waals surface area (Å²) in [6.07, 6.45) is 0. The highest BCUT2D eigenvalue weighted by atomic mass is 31.2. The third kappa shape index (κ3) is 7.20. The van der Waals surface area contributed by atoms with Crippen LogP contribution in [-0.2, 0) is 4.57 Å². The van der Waals surface area contributed by atoms with E-state index < -0.39 is 19.7 Å². The largest absolute Gasteiger partial charge is 0.478 e. The van der Waals surface area contributed by atoms with Crippen molar-refractivity contribution in [2.45, 2.75) is 0 Å². The number of carbonyl (C=O) groups excluding carboxylic acids is 1. The van der Waals surface area contributed by atoms with Crippen molar-refractivity contribution in [2.24, 2.45) is 5.73 Å². The Morgan fingerprint density at radius 3 is 1.65 bits per heavy atom. The smallest absolute Gasteiger partial charge is 0.466 e. The number of carbonyl (C=O) groups is 2. The summed E-state index contributed by atoms with van der Waals surface area (Å²) in [5.74, 6) is -1.88. The van der Waals surface area contributed by atoms with Gasteiger partial charge in [-0.15, -0.1) is 0 Å². The van der Waals surface area contributed by atoms with E-state index in [0.717, 1.165) is 0 Å². The lowest BCUT2D eigenvalue weighted by atomic mass is 10.1. The van der Waals surface area contributed by atoms with E-state index in [-0.39, 0.29) is 11.1 Å². The number of carboxylic acid groups (broad SMARTS) is 1. The Bertz CT molecular complexity index is 425. The summed E-state index contributed by atoms with van der Waals surface area (Å²) in [5.41, 5.74) is 4.92. The third-order valence-corrected chi connectivity index (χ3v) is 1.42. The Balaban J connectivity index is 0.000000437. The van der Waals surface area contributed by atoms with Crippen LogP contribution in [0, 0.1) is 0 Å². The quantitative estimate of drug-likeness (QED) is 0.452. The molecule has 0 radical (unpaired) electrons. The Hall–Kier alpha value is -1.73. The lowest BCUT2D eigenvalue weighted by molar-refractivity contribution is 0.0692. The number of hydrogen-bond donors (Lipinski definition) is 5. The van der Waals surface area contributed by atoms with E-state index in [0.29, 0.717) is 0 Å². The molecule has 8 nitrogen and oxygen atoms in total. The summed E-state index contributed by atoms with van der Waals surface area (Å²) in [4.78, 5) is 42.8. The lowest BCUT2D eigenvalue weighted by Crippen LogP contribution is -2.15. The maximum atomic E-state index is 10.7. The summed E-state index contributed by atoms with van der Waals surface area (Å²) in [6, 6.07) is 5.82. The number of amides is 1. The van der Waals surface area contributed by atoms with Crippen molar-refractivity contribution in [3.05, 3.63) is 35.4 Å². The van der Waals surface area contributed by atoms with Crippen molar-refractivity contribution in [3.8, 4) is 0 Å². The molecule has 0 unspecified atom stereocenters. The van der Waals surface area contributed by atoms with E-state index in [4.69, 9.17) is 30.1 Å². The average molecular weight is 263 g/mol. The van der Waals surface area contributed by atoms with Crippen LogP contribution in [0.3, 0.4) is 0 Å². The normalized spacial score (nSPS) is 10.1. The Labute approximate surface area is 95.6 Å². The molecule has 0 spiro atoms. The molecule has 0 atom stereocenters. The highest BCUT2D eigenvalue weighted by Gasteiger charge is 2.11. The van der Waals surface area contributed by atoms with E-state index in [2.05, 4.69) is 0 Å². The van der Waals surface area contributed by atoms with Crippen molar-refractivity contribution in [1.29, 1.82) is 0 Å². The first-order valence-electron chi connectivity index (χ1n) is 4.03. The molecule has 17 heavy (non-hydrogen) atoms. The minimum atomic E-state index is -4.64. The zero-order chi connectivity index (χ0) is 13.6. The van der Waals surface area contributed by atoms with Gasteiger partial charge in [-0.2, -0.15) is 0 Å². The molecule has 0 fully saturated rings. The Morgan fingerprint density at radius 2 is 1.41 bits per heavy atom. The predicted molar refractivity (Wildman–Crippen MR) is 56.2 cm³/mol. The molecule has 0 aliphatic heterocycles. The first-order chi connectivity index (χ1) is 7.63. The van der Waals surface area contributed by atoms with Gasteiger partial charge in [-0.05, 0) is 12.1 Å². The summed E-state index contributed by atoms with van der Waals surface area (Å²) in [5, 5.41) is 8.61. The molecule has 0 aliphatic rings. The monoisotopic (exact) mass is 263 g/mol. The molecule has 6 N–H and O–H groups in total. The maximum absolute atomic E-state index is 10.7. The van der Waals surface area contributed by atoms with Crippen LogP contribution in [0.2, 0.25) is 0 Å². The van der Waals surface area contributed by atoms with Crippen LogP contribution in [-0.4, -0.2) is 31.7 Å². The number of aromatic carboxylic acids is 1. The number of nitrogens with two attached hydrogens (primary N) is 1. The second-order valence-corrected chi connectivity index (χ2v) is 3.75. The molecule has 0 heterocycles. The molecule has 1 amide bonds. The molecule has 1 rings (SSSR count). The fourth-order valence-corrected chi connectivity index (χ4v) is 0.884. The van der Waals surface area contributed by atoms with Gasteiger partial charge in [0, 0.05) is 0 Å². The van der Waals surface area contributed by atoms with Crippen LogP contribution in [0.4, 0.5) is 0 Å². The average Bonchev–Trinajstić information content (AvgIpc) is 2.15. The van der Waals surface area contributed by atoms with Gasteiger partial charge in [0.1, 0.15) is 0 Å². The van der Waals surface area contributed by atoms with E-state index in [9.17, 15) is 9.59 Å². The molecule has 0 aliphatic carbocycles. The summed E-state index contributed by atoms with van der Waals surface area (Å²) >= 11 is 0. The molecule has 94 valence electrons. The summed E-state index contributed by atoms with van der Waals surface area (Å²) in [6.45, 7) is 0. The Morgan fingerprint density at radius 1 is 1.06 bits per heavy atom. The van der Waals surface area contributed by atoms with Crippen molar-refractivity contribution in [1.82, 2.24) is 0 Å². The van der Waals surface area contributed by atoms with E-state index >= 15 is 0 Å². The van der Waals surface area contributed by atoms with Crippen molar-refractivity contribution >= 4 is 19.7 Å². The van der Waals surface area contributed by atoms with Gasteiger partial charge in [0.25, 0.3) is 0 Å². The zero-order valence-corrected chi connectivity index (χ0v) is 9.24. The van der Waals surface area contributed by atoms with Crippen LogP contribution in [0.1, 0.15) is 20.7 Å². The van der Waals surface area contributed by atoms with E-state index in [1.54, 1.807) is 6.07 Å². The maximum Gasteiger partial charge on any atom is 0.466 e. The second kappa shape index (κ2) is 6.12. The number of primary amides is 1. The number of rotatable bonds is 2. The first kappa shape index (κ1) is 15.3. The molecule has 9 heteroatoms. The molecular formula is C8H10NO7P. The number of phosphoric acid groups is 1. The fraction of sp³-hybridized carbons (Fsp3) is 0. The summed E-state index contributed by atoms with van der Waals surface area (Å²) < 4.78 is 8.88. The number of carboxylic acids is 1. The standard InChI is InChI=1S/C8H7NO3.H3O4P/c9-7(10)5-3-1-2-4-6(5)8(11)12;1-5(2,3)4/h1-4H,(H2,9,10)(H,11,12);(H3,1,2,3,4). The number of hydrogen-bond acceptors (Lipinski definition) is 3. The van der Waals surface area contributed by atoms with Crippen molar-refractivity contribution in [3.63, 3.8) is 0 Å². The highest BCUT2D eigenvalue weighted by Crippen LogP contribution is 2.25. The molecule has 0 bridgehead atoms. The van der Waals surface area contributed by atoms with E-state index in [1.807, 2.05) is 0 Å². The van der Waals surface area contributed by atoms with Crippen LogP contribution in [0.5, 0.6) is 0 Å². The molecule has 0 aromatic heterocycles.